The number of hydrogen-bond donors (Lipinski definition) is 0. The van der Waals surface area contributed by atoms with E-state index >= 15 is 0 Å². The first-order valence-electron chi connectivity index (χ1n) is 8.83. The Morgan fingerprint density at radius 1 is 1.28 bits per heavy atom. The maximum Gasteiger partial charge on any atom is 0.232 e. The van der Waals surface area contributed by atoms with Gasteiger partial charge in [0.1, 0.15) is 0 Å². The van der Waals surface area contributed by atoms with Crippen molar-refractivity contribution in [2.45, 2.75) is 39.2 Å². The molecule has 3 heterocycles. The average molecular weight is 362 g/mol. The third kappa shape index (κ3) is 4.32. The van der Waals surface area contributed by atoms with Gasteiger partial charge in [0.15, 0.2) is 0 Å². The lowest BCUT2D eigenvalue weighted by Gasteiger charge is -2.48. The molecule has 25 heavy (non-hydrogen) atoms. The van der Waals surface area contributed by atoms with E-state index in [2.05, 4.69) is 9.97 Å². The van der Waals surface area contributed by atoms with Gasteiger partial charge in [-0.3, -0.25) is 19.6 Å². The fourth-order valence-corrected chi connectivity index (χ4v) is 4.34. The molecule has 2 fully saturated rings. The van der Waals surface area contributed by atoms with E-state index in [0.717, 1.165) is 43.7 Å². The van der Waals surface area contributed by atoms with E-state index in [9.17, 15) is 9.59 Å². The minimum atomic E-state index is 0.0400. The minimum absolute atomic E-state index is 0.0400. The van der Waals surface area contributed by atoms with Gasteiger partial charge in [-0.15, -0.1) is 0 Å². The highest BCUT2D eigenvalue weighted by Gasteiger charge is 2.42. The summed E-state index contributed by atoms with van der Waals surface area (Å²) in [5.74, 6) is 0.942. The molecule has 2 aliphatic heterocycles. The maximum atomic E-state index is 12.4. The number of thioether (sulfide) groups is 1. The van der Waals surface area contributed by atoms with Crippen LogP contribution >= 0.6 is 11.8 Å². The predicted octanol–water partition coefficient (Wildman–Crippen LogP) is 1.88. The monoisotopic (exact) mass is 362 g/mol. The van der Waals surface area contributed by atoms with Gasteiger partial charge in [0.2, 0.25) is 11.8 Å². The van der Waals surface area contributed by atoms with Crippen molar-refractivity contribution >= 4 is 23.6 Å². The van der Waals surface area contributed by atoms with Crippen molar-refractivity contribution in [2.75, 3.05) is 31.6 Å². The number of likely N-dealkylation sites (tertiary alicyclic amines) is 2. The summed E-state index contributed by atoms with van der Waals surface area (Å²) in [6, 6.07) is 0. The molecule has 6 nitrogen and oxygen atoms in total. The van der Waals surface area contributed by atoms with E-state index in [-0.39, 0.29) is 17.2 Å². The molecule has 0 saturated carbocycles. The number of carbonyl (C=O) groups excluding carboxylic acids is 2. The Morgan fingerprint density at radius 3 is 2.84 bits per heavy atom. The number of aromatic nitrogens is 2. The average Bonchev–Trinajstić information content (AvgIpc) is 2.61. The predicted molar refractivity (Wildman–Crippen MR) is 98.0 cm³/mol. The van der Waals surface area contributed by atoms with Gasteiger partial charge in [-0.25, -0.2) is 0 Å². The van der Waals surface area contributed by atoms with Crippen LogP contribution in [0.4, 0.5) is 0 Å². The summed E-state index contributed by atoms with van der Waals surface area (Å²) in [4.78, 5) is 37.3. The van der Waals surface area contributed by atoms with Crippen LogP contribution in [0.3, 0.4) is 0 Å². The van der Waals surface area contributed by atoms with Gasteiger partial charge in [-0.2, -0.15) is 11.8 Å². The first-order valence-corrected chi connectivity index (χ1v) is 10.2. The quantitative estimate of drug-likeness (QED) is 0.818. The molecule has 0 radical (unpaired) electrons. The summed E-state index contributed by atoms with van der Waals surface area (Å²) in [6.07, 6.45) is 8.99. The summed E-state index contributed by atoms with van der Waals surface area (Å²) in [6.45, 7) is 4.74. The standard InChI is InChI=1S/C18H26N4O2S/c1-14-8-20-15(9-19-14)10-22-13-18(6-4-16(22)23)5-3-7-21(12-18)17(24)11-25-2/h8-9H,3-7,10-13H2,1-2H3. The van der Waals surface area contributed by atoms with Gasteiger partial charge >= 0.3 is 0 Å². The molecule has 0 aromatic carbocycles. The van der Waals surface area contributed by atoms with E-state index < -0.39 is 0 Å². The number of amides is 2. The normalized spacial score (nSPS) is 24.0. The van der Waals surface area contributed by atoms with Crippen molar-refractivity contribution in [1.29, 1.82) is 0 Å². The van der Waals surface area contributed by atoms with E-state index in [1.165, 1.54) is 0 Å². The zero-order chi connectivity index (χ0) is 17.9. The number of nitrogens with zero attached hydrogens (tertiary/aromatic N) is 4. The van der Waals surface area contributed by atoms with Crippen LogP contribution in [0, 0.1) is 12.3 Å². The van der Waals surface area contributed by atoms with Crippen LogP contribution in [0.2, 0.25) is 0 Å². The molecule has 0 bridgehead atoms. The number of rotatable bonds is 4. The van der Waals surface area contributed by atoms with Crippen LogP contribution in [0.1, 0.15) is 37.1 Å². The number of carbonyl (C=O) groups is 2. The van der Waals surface area contributed by atoms with Crippen LogP contribution in [0.5, 0.6) is 0 Å². The lowest BCUT2D eigenvalue weighted by molar-refractivity contribution is -0.142. The van der Waals surface area contributed by atoms with Gasteiger partial charge in [-0.05, 0) is 32.4 Å². The van der Waals surface area contributed by atoms with Crippen molar-refractivity contribution in [1.82, 2.24) is 19.8 Å². The maximum absolute atomic E-state index is 12.4. The van der Waals surface area contributed by atoms with Crippen molar-refractivity contribution in [3.8, 4) is 0 Å². The second-order valence-electron chi connectivity index (χ2n) is 7.25. The summed E-state index contributed by atoms with van der Waals surface area (Å²) in [7, 11) is 0. The Hall–Kier alpha value is -1.63. The molecule has 1 aromatic rings. The van der Waals surface area contributed by atoms with Crippen LogP contribution in [-0.2, 0) is 16.1 Å². The third-order valence-corrected chi connectivity index (χ3v) is 5.75. The second-order valence-corrected chi connectivity index (χ2v) is 8.12. The van der Waals surface area contributed by atoms with Gasteiger partial charge in [-0.1, -0.05) is 0 Å². The van der Waals surface area contributed by atoms with Crippen molar-refractivity contribution in [3.05, 3.63) is 23.8 Å². The molecular formula is C18H26N4O2S. The summed E-state index contributed by atoms with van der Waals surface area (Å²) < 4.78 is 0. The third-order valence-electron chi connectivity index (χ3n) is 5.22. The van der Waals surface area contributed by atoms with Crippen molar-refractivity contribution in [3.63, 3.8) is 0 Å². The molecule has 0 aliphatic carbocycles. The topological polar surface area (TPSA) is 66.4 Å². The lowest BCUT2D eigenvalue weighted by atomic mass is 9.73. The molecule has 7 heteroatoms. The van der Waals surface area contributed by atoms with E-state index in [0.29, 0.717) is 25.3 Å². The van der Waals surface area contributed by atoms with Gasteiger partial charge in [0.25, 0.3) is 0 Å². The first kappa shape index (κ1) is 18.2. The molecule has 3 rings (SSSR count). The Balaban J connectivity index is 1.69. The Morgan fingerprint density at radius 2 is 2.12 bits per heavy atom. The van der Waals surface area contributed by atoms with Gasteiger partial charge in [0.05, 0.1) is 29.9 Å². The Bertz CT molecular complexity index is 636. The molecule has 1 aromatic heterocycles. The fourth-order valence-electron chi connectivity index (χ4n) is 3.91. The molecule has 2 amide bonds. The summed E-state index contributed by atoms with van der Waals surface area (Å²) >= 11 is 1.57. The molecule has 136 valence electrons. The number of aryl methyl sites for hydroxylation is 1. The van der Waals surface area contributed by atoms with Crippen LogP contribution in [0.15, 0.2) is 12.4 Å². The molecule has 2 saturated heterocycles. The molecule has 0 N–H and O–H groups in total. The lowest BCUT2D eigenvalue weighted by Crippen LogP contribution is -2.55. The summed E-state index contributed by atoms with van der Waals surface area (Å²) in [5.41, 5.74) is 1.74. The smallest absolute Gasteiger partial charge is 0.232 e. The van der Waals surface area contributed by atoms with E-state index in [4.69, 9.17) is 0 Å². The zero-order valence-corrected chi connectivity index (χ0v) is 15.8. The first-order chi connectivity index (χ1) is 12.0. The summed E-state index contributed by atoms with van der Waals surface area (Å²) in [5, 5.41) is 0. The van der Waals surface area contributed by atoms with Crippen LogP contribution in [-0.4, -0.2) is 63.2 Å². The van der Waals surface area contributed by atoms with E-state index in [1.54, 1.807) is 24.2 Å². The Kier molecular flexibility index (Phi) is 5.61. The van der Waals surface area contributed by atoms with Crippen molar-refractivity contribution < 1.29 is 9.59 Å². The highest BCUT2D eigenvalue weighted by atomic mass is 32.2. The molecule has 1 atom stereocenters. The Labute approximate surface area is 153 Å². The number of piperidine rings is 2. The van der Waals surface area contributed by atoms with Crippen LogP contribution < -0.4 is 0 Å². The van der Waals surface area contributed by atoms with Crippen molar-refractivity contribution in [2.24, 2.45) is 5.41 Å². The highest BCUT2D eigenvalue weighted by molar-refractivity contribution is 7.99. The minimum Gasteiger partial charge on any atom is -0.341 e. The van der Waals surface area contributed by atoms with Gasteiger partial charge in [0, 0.05) is 37.7 Å². The number of hydrogen-bond acceptors (Lipinski definition) is 5. The SMILES string of the molecule is CSCC(=O)N1CCCC2(CCC(=O)N(Cc3cnc(C)cn3)C2)C1. The zero-order valence-electron chi connectivity index (χ0n) is 15.0. The molecule has 1 spiro atoms. The molecular weight excluding hydrogens is 336 g/mol. The van der Waals surface area contributed by atoms with Gasteiger partial charge < -0.3 is 9.80 Å². The molecule has 2 aliphatic rings. The van der Waals surface area contributed by atoms with E-state index in [1.807, 2.05) is 23.0 Å². The second kappa shape index (κ2) is 7.72. The van der Waals surface area contributed by atoms with Crippen LogP contribution in [0.25, 0.3) is 0 Å². The highest BCUT2D eigenvalue weighted by Crippen LogP contribution is 2.39. The fraction of sp³-hybridized carbons (Fsp3) is 0.667. The largest absolute Gasteiger partial charge is 0.341 e. The molecule has 1 unspecified atom stereocenters.